The van der Waals surface area contributed by atoms with Crippen LogP contribution in [0.1, 0.15) is 44.6 Å². The third-order valence-corrected chi connectivity index (χ3v) is 4.27. The number of hydrogen-bond donors (Lipinski definition) is 0. The molecule has 0 aromatic heterocycles. The normalized spacial score (nSPS) is 18.6. The molecule has 3 heteroatoms. The van der Waals surface area contributed by atoms with Crippen LogP contribution in [0.3, 0.4) is 0 Å². The fraction of sp³-hybridized carbons (Fsp3) is 0.533. The van der Waals surface area contributed by atoms with Crippen LogP contribution in [0.5, 0.6) is 0 Å². The van der Waals surface area contributed by atoms with Gasteiger partial charge in [-0.25, -0.2) is 4.39 Å². The zero-order valence-electron chi connectivity index (χ0n) is 10.6. The van der Waals surface area contributed by atoms with Gasteiger partial charge in [0.15, 0.2) is 0 Å². The van der Waals surface area contributed by atoms with Crippen LogP contribution in [0.2, 0.25) is 5.02 Å². The highest BCUT2D eigenvalue weighted by atomic mass is 35.5. The SMILES string of the molecule is CC1(C(=O)Cc2ccc(F)c(Cl)c2)CCCCC1. The summed E-state index contributed by atoms with van der Waals surface area (Å²) < 4.78 is 13.0. The van der Waals surface area contributed by atoms with Gasteiger partial charge in [-0.2, -0.15) is 0 Å². The molecule has 0 saturated heterocycles. The number of hydrogen-bond acceptors (Lipinski definition) is 1. The lowest BCUT2D eigenvalue weighted by molar-refractivity contribution is -0.128. The van der Waals surface area contributed by atoms with E-state index in [0.717, 1.165) is 31.2 Å². The number of benzene rings is 1. The molecule has 98 valence electrons. The maximum atomic E-state index is 13.0. The number of ketones is 1. The Morgan fingerprint density at radius 3 is 2.61 bits per heavy atom. The molecule has 2 rings (SSSR count). The number of carbonyl (C=O) groups excluding carboxylic acids is 1. The highest BCUT2D eigenvalue weighted by molar-refractivity contribution is 6.30. The molecule has 1 aromatic carbocycles. The summed E-state index contributed by atoms with van der Waals surface area (Å²) >= 11 is 5.73. The van der Waals surface area contributed by atoms with Gasteiger partial charge in [0.25, 0.3) is 0 Å². The Morgan fingerprint density at radius 1 is 1.33 bits per heavy atom. The molecule has 0 aliphatic heterocycles. The van der Waals surface area contributed by atoms with Crippen molar-refractivity contribution < 1.29 is 9.18 Å². The molecule has 0 unspecified atom stereocenters. The lowest BCUT2D eigenvalue weighted by atomic mass is 9.71. The van der Waals surface area contributed by atoms with Gasteiger partial charge in [0.1, 0.15) is 11.6 Å². The molecule has 1 aromatic rings. The Hall–Kier alpha value is -0.890. The summed E-state index contributed by atoms with van der Waals surface area (Å²) in [6, 6.07) is 4.53. The number of carbonyl (C=O) groups is 1. The summed E-state index contributed by atoms with van der Waals surface area (Å²) in [5.41, 5.74) is 0.609. The molecular formula is C15H18ClFO. The van der Waals surface area contributed by atoms with Gasteiger partial charge in [-0.05, 0) is 30.5 Å². The quantitative estimate of drug-likeness (QED) is 0.785. The summed E-state index contributed by atoms with van der Waals surface area (Å²) in [5.74, 6) is -0.179. The smallest absolute Gasteiger partial charge is 0.143 e. The van der Waals surface area contributed by atoms with E-state index in [9.17, 15) is 9.18 Å². The Labute approximate surface area is 112 Å². The minimum Gasteiger partial charge on any atom is -0.299 e. The zero-order chi connectivity index (χ0) is 13.2. The predicted molar refractivity (Wildman–Crippen MR) is 71.3 cm³/mol. The van der Waals surface area contributed by atoms with Crippen molar-refractivity contribution in [3.63, 3.8) is 0 Å². The Balaban J connectivity index is 2.08. The van der Waals surface area contributed by atoms with Crippen LogP contribution < -0.4 is 0 Å². The number of Topliss-reactive ketones (excluding diaryl/α,β-unsaturated/α-hetero) is 1. The first-order valence-electron chi connectivity index (χ1n) is 6.48. The first-order chi connectivity index (χ1) is 8.51. The summed E-state index contributed by atoms with van der Waals surface area (Å²) in [5, 5.41) is 0.0918. The van der Waals surface area contributed by atoms with E-state index < -0.39 is 5.82 Å². The third-order valence-electron chi connectivity index (χ3n) is 3.98. The van der Waals surface area contributed by atoms with Crippen molar-refractivity contribution >= 4 is 17.4 Å². The fourth-order valence-electron chi connectivity index (χ4n) is 2.66. The van der Waals surface area contributed by atoms with Crippen LogP contribution in [0.15, 0.2) is 18.2 Å². The van der Waals surface area contributed by atoms with Crippen LogP contribution in [0, 0.1) is 11.2 Å². The van der Waals surface area contributed by atoms with E-state index in [2.05, 4.69) is 6.92 Å². The van der Waals surface area contributed by atoms with Crippen molar-refractivity contribution in [1.82, 2.24) is 0 Å². The van der Waals surface area contributed by atoms with Gasteiger partial charge in [0, 0.05) is 11.8 Å². The molecule has 1 aliphatic rings. The first kappa shape index (κ1) is 13.5. The van der Waals surface area contributed by atoms with Crippen LogP contribution >= 0.6 is 11.6 Å². The lowest BCUT2D eigenvalue weighted by Crippen LogP contribution is -2.31. The third kappa shape index (κ3) is 2.92. The maximum absolute atomic E-state index is 13.0. The Bertz CT molecular complexity index is 450. The monoisotopic (exact) mass is 268 g/mol. The van der Waals surface area contributed by atoms with Crippen LogP contribution in [-0.4, -0.2) is 5.78 Å². The molecule has 0 radical (unpaired) electrons. The largest absolute Gasteiger partial charge is 0.299 e. The summed E-state index contributed by atoms with van der Waals surface area (Å²) in [7, 11) is 0. The van der Waals surface area contributed by atoms with Gasteiger partial charge >= 0.3 is 0 Å². The van der Waals surface area contributed by atoms with E-state index in [0.29, 0.717) is 6.42 Å². The van der Waals surface area contributed by atoms with Crippen molar-refractivity contribution in [2.24, 2.45) is 5.41 Å². The second-order valence-corrected chi connectivity index (χ2v) is 5.88. The van der Waals surface area contributed by atoms with Gasteiger partial charge in [0.05, 0.1) is 5.02 Å². The molecule has 0 N–H and O–H groups in total. The van der Waals surface area contributed by atoms with Crippen LogP contribution in [-0.2, 0) is 11.2 Å². The van der Waals surface area contributed by atoms with Crippen LogP contribution in [0.4, 0.5) is 4.39 Å². The fourth-order valence-corrected chi connectivity index (χ4v) is 2.86. The topological polar surface area (TPSA) is 17.1 Å². The highest BCUT2D eigenvalue weighted by Gasteiger charge is 2.33. The Morgan fingerprint density at radius 2 is 2.00 bits per heavy atom. The van der Waals surface area contributed by atoms with Gasteiger partial charge in [-0.15, -0.1) is 0 Å². The van der Waals surface area contributed by atoms with E-state index in [1.807, 2.05) is 0 Å². The van der Waals surface area contributed by atoms with Crippen molar-refractivity contribution in [3.8, 4) is 0 Å². The average molecular weight is 269 g/mol. The number of rotatable bonds is 3. The van der Waals surface area contributed by atoms with Gasteiger partial charge in [-0.3, -0.25) is 4.79 Å². The van der Waals surface area contributed by atoms with E-state index in [1.165, 1.54) is 12.5 Å². The molecule has 1 saturated carbocycles. The molecule has 18 heavy (non-hydrogen) atoms. The molecule has 1 fully saturated rings. The summed E-state index contributed by atoms with van der Waals surface area (Å²) in [6.07, 6.45) is 5.79. The molecule has 0 spiro atoms. The number of halogens is 2. The molecule has 0 heterocycles. The lowest BCUT2D eigenvalue weighted by Gasteiger charge is -2.32. The average Bonchev–Trinajstić information content (AvgIpc) is 2.35. The van der Waals surface area contributed by atoms with Gasteiger partial charge < -0.3 is 0 Å². The van der Waals surface area contributed by atoms with E-state index in [-0.39, 0.29) is 16.2 Å². The van der Waals surface area contributed by atoms with E-state index >= 15 is 0 Å². The van der Waals surface area contributed by atoms with Crippen molar-refractivity contribution in [3.05, 3.63) is 34.6 Å². The molecular weight excluding hydrogens is 251 g/mol. The van der Waals surface area contributed by atoms with E-state index in [1.54, 1.807) is 12.1 Å². The standard InChI is InChI=1S/C15H18ClFO/c1-15(7-3-2-4-8-15)14(18)10-11-5-6-13(17)12(16)9-11/h5-6,9H,2-4,7-8,10H2,1H3. The van der Waals surface area contributed by atoms with Crippen molar-refractivity contribution in [2.45, 2.75) is 45.4 Å². The molecule has 0 amide bonds. The van der Waals surface area contributed by atoms with Crippen molar-refractivity contribution in [1.29, 1.82) is 0 Å². The van der Waals surface area contributed by atoms with Crippen molar-refractivity contribution in [2.75, 3.05) is 0 Å². The van der Waals surface area contributed by atoms with Crippen LogP contribution in [0.25, 0.3) is 0 Å². The molecule has 1 nitrogen and oxygen atoms in total. The first-order valence-corrected chi connectivity index (χ1v) is 6.86. The molecule has 1 aliphatic carbocycles. The Kier molecular flexibility index (Phi) is 4.06. The predicted octanol–water partition coefficient (Wildman–Crippen LogP) is 4.56. The summed E-state index contributed by atoms with van der Waals surface area (Å²) in [6.45, 7) is 2.06. The molecule has 0 atom stereocenters. The van der Waals surface area contributed by atoms with E-state index in [4.69, 9.17) is 11.6 Å². The van der Waals surface area contributed by atoms with Gasteiger partial charge in [-0.1, -0.05) is 43.9 Å². The van der Waals surface area contributed by atoms with Gasteiger partial charge in [0.2, 0.25) is 0 Å². The minimum atomic E-state index is -0.434. The maximum Gasteiger partial charge on any atom is 0.143 e. The summed E-state index contributed by atoms with van der Waals surface area (Å²) in [4.78, 5) is 12.3. The highest BCUT2D eigenvalue weighted by Crippen LogP contribution is 2.37. The molecule has 0 bridgehead atoms. The zero-order valence-corrected chi connectivity index (χ0v) is 11.4. The second kappa shape index (κ2) is 5.40. The second-order valence-electron chi connectivity index (χ2n) is 5.47. The minimum absolute atomic E-state index is 0.0918.